The van der Waals surface area contributed by atoms with Gasteiger partial charge in [-0.2, -0.15) is 5.11 Å². The highest BCUT2D eigenvalue weighted by Crippen LogP contribution is 2.32. The first-order valence-corrected chi connectivity index (χ1v) is 9.41. The molecule has 0 bridgehead atoms. The maximum atomic E-state index is 12.9. The quantitative estimate of drug-likeness (QED) is 0.782. The summed E-state index contributed by atoms with van der Waals surface area (Å²) in [7, 11) is 0. The summed E-state index contributed by atoms with van der Waals surface area (Å²) in [6.45, 7) is 3.75. The number of hydrogen-bond acceptors (Lipinski definition) is 6. The number of rotatable bonds is 4. The fourth-order valence-corrected chi connectivity index (χ4v) is 3.57. The van der Waals surface area contributed by atoms with E-state index >= 15 is 0 Å². The van der Waals surface area contributed by atoms with Crippen molar-refractivity contribution in [2.75, 3.05) is 16.8 Å². The number of carbonyl (C=O) groups is 3. The molecule has 2 heterocycles. The van der Waals surface area contributed by atoms with E-state index in [4.69, 9.17) is 11.6 Å². The Morgan fingerprint density at radius 1 is 1.10 bits per heavy atom. The Hall–Kier alpha value is -3.26. The molecule has 0 radical (unpaired) electrons. The molecule has 0 spiro atoms. The van der Waals surface area contributed by atoms with Gasteiger partial charge >= 0.3 is 0 Å². The lowest BCUT2D eigenvalue weighted by Crippen LogP contribution is -2.43. The molecule has 29 heavy (non-hydrogen) atoms. The van der Waals surface area contributed by atoms with Gasteiger partial charge < -0.3 is 5.32 Å². The molecule has 0 saturated carbocycles. The third-order valence-electron chi connectivity index (χ3n) is 5.02. The Bertz CT molecular complexity index is 1050. The zero-order valence-electron chi connectivity index (χ0n) is 15.8. The summed E-state index contributed by atoms with van der Waals surface area (Å²) in [6.07, 6.45) is 0. The van der Waals surface area contributed by atoms with E-state index in [9.17, 15) is 14.4 Å². The summed E-state index contributed by atoms with van der Waals surface area (Å²) >= 11 is 5.98. The van der Waals surface area contributed by atoms with Gasteiger partial charge in [-0.15, -0.1) is 0 Å². The van der Waals surface area contributed by atoms with Gasteiger partial charge in [0, 0.05) is 10.7 Å². The van der Waals surface area contributed by atoms with Gasteiger partial charge in [0.2, 0.25) is 5.91 Å². The highest BCUT2D eigenvalue weighted by Gasteiger charge is 2.55. The highest BCUT2D eigenvalue weighted by molar-refractivity contribution is 6.31. The largest absolute Gasteiger partial charge is 0.324 e. The van der Waals surface area contributed by atoms with E-state index in [-0.39, 0.29) is 12.5 Å². The van der Waals surface area contributed by atoms with E-state index in [2.05, 4.69) is 15.7 Å². The molecule has 0 aromatic heterocycles. The number of halogens is 1. The maximum Gasteiger partial charge on any atom is 0.263 e. The minimum Gasteiger partial charge on any atom is -0.324 e. The van der Waals surface area contributed by atoms with Gasteiger partial charge in [0.1, 0.15) is 6.54 Å². The highest BCUT2D eigenvalue weighted by atomic mass is 35.5. The van der Waals surface area contributed by atoms with Crippen molar-refractivity contribution < 1.29 is 14.4 Å². The summed E-state index contributed by atoms with van der Waals surface area (Å²) in [5, 5.41) is 12.3. The van der Waals surface area contributed by atoms with Crippen molar-refractivity contribution in [3.8, 4) is 0 Å². The second kappa shape index (κ2) is 7.29. The predicted molar refractivity (Wildman–Crippen MR) is 108 cm³/mol. The standard InChI is InChI=1S/C20H18ClN5O3/c1-11-6-7-14(8-12(11)2)22-16(27)10-25-18-17(23-24-25)19(28)26(20(18)29)15-5-3-4-13(21)9-15/h3-9,17-18H,10H2,1-2H3,(H,22,27)/t17-,18+/m0/s1. The number of amides is 3. The predicted octanol–water partition coefficient (Wildman–Crippen LogP) is 2.89. The molecule has 8 nitrogen and oxygen atoms in total. The van der Waals surface area contributed by atoms with E-state index in [0.717, 1.165) is 16.0 Å². The Morgan fingerprint density at radius 2 is 1.90 bits per heavy atom. The first kappa shape index (κ1) is 19.1. The van der Waals surface area contributed by atoms with Gasteiger partial charge in [-0.25, -0.2) is 4.90 Å². The van der Waals surface area contributed by atoms with Crippen LogP contribution in [-0.2, 0) is 14.4 Å². The molecule has 2 aliphatic heterocycles. The fraction of sp³-hybridized carbons (Fsp3) is 0.250. The first-order chi connectivity index (χ1) is 13.8. The molecule has 2 aromatic rings. The number of nitrogens with one attached hydrogen (secondary N) is 1. The van der Waals surface area contributed by atoms with Crippen molar-refractivity contribution >= 4 is 40.7 Å². The van der Waals surface area contributed by atoms with E-state index in [1.54, 1.807) is 24.3 Å². The van der Waals surface area contributed by atoms with Gasteiger partial charge in [0.15, 0.2) is 12.1 Å². The Balaban J connectivity index is 1.49. The normalized spacial score (nSPS) is 20.4. The van der Waals surface area contributed by atoms with Crippen LogP contribution in [0.15, 0.2) is 52.8 Å². The van der Waals surface area contributed by atoms with Gasteiger partial charge in [-0.1, -0.05) is 29.0 Å². The third kappa shape index (κ3) is 3.47. The number of imide groups is 1. The number of hydrogen-bond donors (Lipinski definition) is 1. The smallest absolute Gasteiger partial charge is 0.263 e. The molecule has 4 rings (SSSR count). The molecule has 3 amide bonds. The zero-order chi connectivity index (χ0) is 20.7. The van der Waals surface area contributed by atoms with E-state index in [1.165, 1.54) is 11.1 Å². The lowest BCUT2D eigenvalue weighted by Gasteiger charge is -2.20. The van der Waals surface area contributed by atoms with Crippen LogP contribution >= 0.6 is 11.6 Å². The summed E-state index contributed by atoms with van der Waals surface area (Å²) < 4.78 is 0. The van der Waals surface area contributed by atoms with Crippen LogP contribution in [0.25, 0.3) is 0 Å². The van der Waals surface area contributed by atoms with Crippen molar-refractivity contribution in [1.29, 1.82) is 0 Å². The van der Waals surface area contributed by atoms with Gasteiger partial charge in [0.05, 0.1) is 5.69 Å². The SMILES string of the molecule is Cc1ccc(NC(=O)CN2N=N[C@@H]3C(=O)N(c4cccc(Cl)c4)C(=O)[C@@H]32)cc1C. The topological polar surface area (TPSA) is 94.4 Å². The Labute approximate surface area is 172 Å². The van der Waals surface area contributed by atoms with Gasteiger partial charge in [0.25, 0.3) is 11.8 Å². The summed E-state index contributed by atoms with van der Waals surface area (Å²) in [5.41, 5.74) is 3.20. The number of fused-ring (bicyclic) bond motifs is 1. The van der Waals surface area contributed by atoms with Crippen LogP contribution in [0.4, 0.5) is 11.4 Å². The van der Waals surface area contributed by atoms with E-state index in [1.807, 2.05) is 26.0 Å². The third-order valence-corrected chi connectivity index (χ3v) is 5.26. The summed E-state index contributed by atoms with van der Waals surface area (Å²) in [6, 6.07) is 10.2. The maximum absolute atomic E-state index is 12.9. The van der Waals surface area contributed by atoms with Gasteiger partial charge in [-0.05, 0) is 55.3 Å². The number of benzene rings is 2. The lowest BCUT2D eigenvalue weighted by atomic mass is 10.1. The van der Waals surface area contributed by atoms with Crippen LogP contribution in [0.5, 0.6) is 0 Å². The first-order valence-electron chi connectivity index (χ1n) is 9.03. The summed E-state index contributed by atoms with van der Waals surface area (Å²) in [4.78, 5) is 39.1. The fourth-order valence-electron chi connectivity index (χ4n) is 3.39. The average Bonchev–Trinajstić information content (AvgIpc) is 3.18. The zero-order valence-corrected chi connectivity index (χ0v) is 16.6. The molecule has 1 saturated heterocycles. The Kier molecular flexibility index (Phi) is 4.79. The van der Waals surface area contributed by atoms with E-state index < -0.39 is 23.9 Å². The Morgan fingerprint density at radius 3 is 2.62 bits per heavy atom. The minimum atomic E-state index is -0.962. The number of anilines is 2. The van der Waals surface area contributed by atoms with Crippen molar-refractivity contribution in [1.82, 2.24) is 5.01 Å². The van der Waals surface area contributed by atoms with E-state index in [0.29, 0.717) is 16.4 Å². The molecule has 2 aromatic carbocycles. The molecule has 0 aliphatic carbocycles. The van der Waals surface area contributed by atoms with Crippen LogP contribution in [0.1, 0.15) is 11.1 Å². The van der Waals surface area contributed by atoms with Crippen LogP contribution in [-0.4, -0.2) is 41.4 Å². The van der Waals surface area contributed by atoms with Crippen molar-refractivity contribution in [3.05, 3.63) is 58.6 Å². The van der Waals surface area contributed by atoms with Crippen LogP contribution < -0.4 is 10.2 Å². The van der Waals surface area contributed by atoms with Crippen molar-refractivity contribution in [2.45, 2.75) is 25.9 Å². The van der Waals surface area contributed by atoms with Crippen molar-refractivity contribution in [2.24, 2.45) is 10.3 Å². The van der Waals surface area contributed by atoms with Crippen LogP contribution in [0, 0.1) is 13.8 Å². The molecule has 2 aliphatic rings. The average molecular weight is 412 g/mol. The molecule has 2 atom stereocenters. The number of nitrogens with zero attached hydrogens (tertiary/aromatic N) is 4. The molecular formula is C20H18ClN5O3. The second-order valence-corrected chi connectivity index (χ2v) is 7.47. The van der Waals surface area contributed by atoms with Crippen LogP contribution in [0.3, 0.4) is 0 Å². The summed E-state index contributed by atoms with van der Waals surface area (Å²) in [5.74, 6) is -1.32. The van der Waals surface area contributed by atoms with Crippen molar-refractivity contribution in [3.63, 3.8) is 0 Å². The molecule has 1 N–H and O–H groups in total. The molecule has 1 fully saturated rings. The number of aryl methyl sites for hydroxylation is 2. The molecule has 9 heteroatoms. The lowest BCUT2D eigenvalue weighted by molar-refractivity contribution is -0.123. The van der Waals surface area contributed by atoms with Gasteiger partial charge in [-0.3, -0.25) is 19.4 Å². The monoisotopic (exact) mass is 411 g/mol. The molecular weight excluding hydrogens is 394 g/mol. The minimum absolute atomic E-state index is 0.194. The molecule has 0 unspecified atom stereocenters. The molecule has 148 valence electrons. The second-order valence-electron chi connectivity index (χ2n) is 7.03. The van der Waals surface area contributed by atoms with Crippen LogP contribution in [0.2, 0.25) is 5.02 Å². The number of carbonyl (C=O) groups excluding carboxylic acids is 3.